The number of aromatic hydroxyl groups is 1. The van der Waals surface area contributed by atoms with Crippen LogP contribution >= 0.6 is 0 Å². The van der Waals surface area contributed by atoms with Gasteiger partial charge in [0, 0.05) is 6.54 Å². The number of rotatable bonds is 4. The molecule has 84 valence electrons. The van der Waals surface area contributed by atoms with E-state index in [1.807, 2.05) is 0 Å². The van der Waals surface area contributed by atoms with Crippen molar-refractivity contribution in [3.63, 3.8) is 0 Å². The smallest absolute Gasteiger partial charge is 0.246 e. The van der Waals surface area contributed by atoms with Crippen LogP contribution in [-0.2, 0) is 0 Å². The monoisotopic (exact) mass is 217 g/mol. The highest BCUT2D eigenvalue weighted by molar-refractivity contribution is 5.43. The van der Waals surface area contributed by atoms with Gasteiger partial charge in [-0.3, -0.25) is 0 Å². The standard InChI is InChI=1S/C10H13F2NO2/c1-15-9-4-6(2-3-8(9)14)7(5-13)10(11)12/h2-4,7,10,14H,5,13H2,1H3. The van der Waals surface area contributed by atoms with Crippen molar-refractivity contribution in [2.24, 2.45) is 5.73 Å². The number of methoxy groups -OCH3 is 1. The van der Waals surface area contributed by atoms with Crippen molar-refractivity contribution in [1.82, 2.24) is 0 Å². The fourth-order valence-corrected chi connectivity index (χ4v) is 1.31. The lowest BCUT2D eigenvalue weighted by atomic mass is 9.99. The summed E-state index contributed by atoms with van der Waals surface area (Å²) in [5, 5.41) is 9.28. The van der Waals surface area contributed by atoms with Gasteiger partial charge in [0.1, 0.15) is 0 Å². The van der Waals surface area contributed by atoms with E-state index < -0.39 is 12.3 Å². The Morgan fingerprint density at radius 2 is 2.13 bits per heavy atom. The maximum atomic E-state index is 12.5. The zero-order chi connectivity index (χ0) is 11.4. The van der Waals surface area contributed by atoms with Crippen molar-refractivity contribution in [1.29, 1.82) is 0 Å². The van der Waals surface area contributed by atoms with Gasteiger partial charge in [-0.25, -0.2) is 8.78 Å². The molecule has 0 saturated carbocycles. The van der Waals surface area contributed by atoms with Crippen LogP contribution in [0.1, 0.15) is 11.5 Å². The molecule has 0 fully saturated rings. The molecule has 1 atom stereocenters. The number of hydrogen-bond donors (Lipinski definition) is 2. The Bertz CT molecular complexity index is 331. The summed E-state index contributed by atoms with van der Waals surface area (Å²) in [5.41, 5.74) is 5.62. The number of ether oxygens (including phenoxy) is 1. The Hall–Kier alpha value is -1.36. The molecule has 0 heterocycles. The lowest BCUT2D eigenvalue weighted by Gasteiger charge is -2.15. The predicted molar refractivity (Wildman–Crippen MR) is 52.5 cm³/mol. The number of benzene rings is 1. The minimum absolute atomic E-state index is 0.0775. The highest BCUT2D eigenvalue weighted by Gasteiger charge is 2.21. The first-order valence-corrected chi connectivity index (χ1v) is 4.45. The van der Waals surface area contributed by atoms with Crippen molar-refractivity contribution in [2.75, 3.05) is 13.7 Å². The van der Waals surface area contributed by atoms with E-state index in [-0.39, 0.29) is 18.0 Å². The van der Waals surface area contributed by atoms with Gasteiger partial charge in [-0.15, -0.1) is 0 Å². The molecular weight excluding hydrogens is 204 g/mol. The Balaban J connectivity index is 3.03. The fraction of sp³-hybridized carbons (Fsp3) is 0.400. The zero-order valence-corrected chi connectivity index (χ0v) is 8.28. The SMILES string of the molecule is COc1cc(C(CN)C(F)F)ccc1O. The van der Waals surface area contributed by atoms with E-state index in [0.717, 1.165) is 0 Å². The first-order chi connectivity index (χ1) is 7.10. The summed E-state index contributed by atoms with van der Waals surface area (Å²) in [7, 11) is 1.36. The molecule has 0 saturated heterocycles. The average Bonchev–Trinajstić information content (AvgIpc) is 2.21. The predicted octanol–water partition coefficient (Wildman–Crippen LogP) is 1.71. The zero-order valence-electron chi connectivity index (χ0n) is 8.28. The normalized spacial score (nSPS) is 12.9. The molecule has 0 spiro atoms. The maximum absolute atomic E-state index is 12.5. The van der Waals surface area contributed by atoms with Crippen molar-refractivity contribution in [3.8, 4) is 11.5 Å². The van der Waals surface area contributed by atoms with Gasteiger partial charge in [0.25, 0.3) is 0 Å². The van der Waals surface area contributed by atoms with Crippen LogP contribution < -0.4 is 10.5 Å². The molecule has 0 aliphatic heterocycles. The first kappa shape index (κ1) is 11.7. The molecule has 15 heavy (non-hydrogen) atoms. The van der Waals surface area contributed by atoms with Crippen LogP contribution in [0.3, 0.4) is 0 Å². The molecule has 1 unspecified atom stereocenters. The third kappa shape index (κ3) is 2.56. The van der Waals surface area contributed by atoms with Gasteiger partial charge < -0.3 is 15.6 Å². The van der Waals surface area contributed by atoms with E-state index in [4.69, 9.17) is 10.5 Å². The van der Waals surface area contributed by atoms with E-state index in [1.165, 1.54) is 25.3 Å². The fourth-order valence-electron chi connectivity index (χ4n) is 1.31. The Kier molecular flexibility index (Phi) is 3.85. The van der Waals surface area contributed by atoms with E-state index in [0.29, 0.717) is 5.56 Å². The minimum atomic E-state index is -2.52. The van der Waals surface area contributed by atoms with E-state index in [1.54, 1.807) is 0 Å². The van der Waals surface area contributed by atoms with Gasteiger partial charge in [0.05, 0.1) is 13.0 Å². The third-order valence-electron chi connectivity index (χ3n) is 2.19. The van der Waals surface area contributed by atoms with Crippen molar-refractivity contribution in [3.05, 3.63) is 23.8 Å². The molecule has 1 rings (SSSR count). The van der Waals surface area contributed by atoms with Gasteiger partial charge in [0.15, 0.2) is 11.5 Å². The summed E-state index contributed by atoms with van der Waals surface area (Å²) in [5.74, 6) is -0.933. The van der Waals surface area contributed by atoms with Crippen molar-refractivity contribution < 1.29 is 18.6 Å². The highest BCUT2D eigenvalue weighted by Crippen LogP contribution is 2.31. The molecule has 0 bridgehead atoms. The van der Waals surface area contributed by atoms with Gasteiger partial charge in [-0.05, 0) is 17.7 Å². The Morgan fingerprint density at radius 1 is 1.47 bits per heavy atom. The number of alkyl halides is 2. The summed E-state index contributed by atoms with van der Waals surface area (Å²) >= 11 is 0. The Labute approximate surface area is 86.5 Å². The van der Waals surface area contributed by atoms with Gasteiger partial charge >= 0.3 is 0 Å². The summed E-state index contributed by atoms with van der Waals surface area (Å²) in [6.07, 6.45) is -2.52. The summed E-state index contributed by atoms with van der Waals surface area (Å²) in [6, 6.07) is 4.11. The van der Waals surface area contributed by atoms with Crippen LogP contribution in [0, 0.1) is 0 Å². The molecule has 0 radical (unpaired) electrons. The lowest BCUT2D eigenvalue weighted by molar-refractivity contribution is 0.117. The van der Waals surface area contributed by atoms with E-state index >= 15 is 0 Å². The molecule has 3 nitrogen and oxygen atoms in total. The molecule has 0 aliphatic carbocycles. The second-order valence-corrected chi connectivity index (χ2v) is 3.11. The van der Waals surface area contributed by atoms with Gasteiger partial charge in [-0.2, -0.15) is 0 Å². The molecule has 5 heteroatoms. The van der Waals surface area contributed by atoms with Crippen LogP contribution in [0.5, 0.6) is 11.5 Å². The van der Waals surface area contributed by atoms with Crippen LogP contribution in [0.4, 0.5) is 8.78 Å². The highest BCUT2D eigenvalue weighted by atomic mass is 19.3. The van der Waals surface area contributed by atoms with Gasteiger partial charge in [-0.1, -0.05) is 6.07 Å². The third-order valence-corrected chi connectivity index (χ3v) is 2.19. The number of phenols is 1. The maximum Gasteiger partial charge on any atom is 0.246 e. The number of phenolic OH excluding ortho intramolecular Hbond substituents is 1. The molecule has 0 amide bonds. The number of halogens is 2. The summed E-state index contributed by atoms with van der Waals surface area (Å²) < 4.78 is 29.9. The van der Waals surface area contributed by atoms with Crippen LogP contribution in [0.15, 0.2) is 18.2 Å². The molecule has 0 aliphatic rings. The largest absolute Gasteiger partial charge is 0.504 e. The first-order valence-electron chi connectivity index (χ1n) is 4.45. The Morgan fingerprint density at radius 3 is 2.60 bits per heavy atom. The molecule has 3 N–H and O–H groups in total. The van der Waals surface area contributed by atoms with Crippen LogP contribution in [0.25, 0.3) is 0 Å². The second-order valence-electron chi connectivity index (χ2n) is 3.11. The molecule has 1 aromatic rings. The van der Waals surface area contributed by atoms with E-state index in [2.05, 4.69) is 0 Å². The lowest BCUT2D eigenvalue weighted by Crippen LogP contribution is -2.19. The second kappa shape index (κ2) is 4.93. The van der Waals surface area contributed by atoms with Gasteiger partial charge in [0.2, 0.25) is 6.43 Å². The summed E-state index contributed by atoms with van der Waals surface area (Å²) in [6.45, 7) is -0.147. The summed E-state index contributed by atoms with van der Waals surface area (Å²) in [4.78, 5) is 0. The number of nitrogens with two attached hydrogens (primary N) is 1. The molecule has 0 aromatic heterocycles. The van der Waals surface area contributed by atoms with E-state index in [9.17, 15) is 13.9 Å². The minimum Gasteiger partial charge on any atom is -0.504 e. The van der Waals surface area contributed by atoms with Crippen LogP contribution in [0.2, 0.25) is 0 Å². The quantitative estimate of drug-likeness (QED) is 0.807. The van der Waals surface area contributed by atoms with Crippen molar-refractivity contribution >= 4 is 0 Å². The number of hydrogen-bond acceptors (Lipinski definition) is 3. The topological polar surface area (TPSA) is 55.5 Å². The van der Waals surface area contributed by atoms with Crippen molar-refractivity contribution in [2.45, 2.75) is 12.3 Å². The average molecular weight is 217 g/mol. The molecule has 1 aromatic carbocycles. The molecular formula is C10H13F2NO2. The van der Waals surface area contributed by atoms with Crippen LogP contribution in [-0.4, -0.2) is 25.2 Å².